The van der Waals surface area contributed by atoms with Crippen LogP contribution in [0.4, 0.5) is 0 Å². The molecule has 0 radical (unpaired) electrons. The first-order valence-electron chi connectivity index (χ1n) is 7.84. The zero-order valence-electron chi connectivity index (χ0n) is 13.9. The number of hydrogen-bond acceptors (Lipinski definition) is 5. The van der Waals surface area contributed by atoms with Crippen molar-refractivity contribution in [3.63, 3.8) is 0 Å². The van der Waals surface area contributed by atoms with Gasteiger partial charge in [0.05, 0.1) is 25.9 Å². The van der Waals surface area contributed by atoms with Crippen molar-refractivity contribution >= 4 is 22.8 Å². The lowest BCUT2D eigenvalue weighted by molar-refractivity contribution is 0.415. The molecule has 4 nitrogen and oxygen atoms in total. The van der Waals surface area contributed by atoms with Crippen molar-refractivity contribution < 1.29 is 9.47 Å². The van der Waals surface area contributed by atoms with Crippen LogP contribution in [0.1, 0.15) is 0 Å². The van der Waals surface area contributed by atoms with E-state index >= 15 is 0 Å². The van der Waals surface area contributed by atoms with E-state index in [-0.39, 0.29) is 0 Å². The number of benzene rings is 3. The Morgan fingerprint density at radius 1 is 0.680 bits per heavy atom. The van der Waals surface area contributed by atoms with Gasteiger partial charge in [-0.05, 0) is 35.4 Å². The molecule has 0 bridgehead atoms. The Morgan fingerprint density at radius 3 is 1.60 bits per heavy atom. The van der Waals surface area contributed by atoms with Gasteiger partial charge in [0.25, 0.3) is 0 Å². The summed E-state index contributed by atoms with van der Waals surface area (Å²) >= 11 is 1.23. The quantitative estimate of drug-likeness (QED) is 0.518. The first-order chi connectivity index (χ1) is 12.3. The Morgan fingerprint density at radius 2 is 1.16 bits per heavy atom. The highest BCUT2D eigenvalue weighted by molar-refractivity contribution is 7.00. The van der Waals surface area contributed by atoms with Crippen LogP contribution in [0, 0.1) is 0 Å². The summed E-state index contributed by atoms with van der Waals surface area (Å²) < 4.78 is 19.8. The summed E-state index contributed by atoms with van der Waals surface area (Å²) in [7, 11) is 3.34. The molecule has 0 aliphatic rings. The van der Waals surface area contributed by atoms with Crippen molar-refractivity contribution in [2.45, 2.75) is 0 Å². The molecule has 0 saturated heterocycles. The summed E-state index contributed by atoms with van der Waals surface area (Å²) in [6.07, 6.45) is 0. The third kappa shape index (κ3) is 2.83. The van der Waals surface area contributed by atoms with E-state index in [2.05, 4.69) is 33.0 Å². The van der Waals surface area contributed by atoms with Crippen LogP contribution < -0.4 is 9.47 Å². The minimum absolute atomic E-state index is 0.825. The van der Waals surface area contributed by atoms with Gasteiger partial charge in [-0.25, -0.2) is 0 Å². The molecule has 0 atom stereocenters. The van der Waals surface area contributed by atoms with Crippen molar-refractivity contribution in [3.05, 3.63) is 60.7 Å². The average Bonchev–Trinajstić information content (AvgIpc) is 3.17. The molecule has 0 aliphatic carbocycles. The fourth-order valence-electron chi connectivity index (χ4n) is 2.91. The summed E-state index contributed by atoms with van der Waals surface area (Å²) in [6, 6.07) is 20.2. The van der Waals surface area contributed by atoms with Crippen LogP contribution in [0.25, 0.3) is 33.3 Å². The molecule has 0 fully saturated rings. The Labute approximate surface area is 150 Å². The highest BCUT2D eigenvalue weighted by Gasteiger charge is 2.14. The Kier molecular flexibility index (Phi) is 4.07. The molecule has 1 aromatic heterocycles. The summed E-state index contributed by atoms with van der Waals surface area (Å²) in [5.74, 6) is 1.65. The van der Waals surface area contributed by atoms with E-state index in [1.54, 1.807) is 14.2 Å². The molecule has 0 amide bonds. The molecular formula is C20H16N2O2S. The van der Waals surface area contributed by atoms with E-state index in [4.69, 9.17) is 9.47 Å². The van der Waals surface area contributed by atoms with E-state index in [1.165, 1.54) is 11.7 Å². The van der Waals surface area contributed by atoms with Gasteiger partial charge in [0.2, 0.25) is 0 Å². The highest BCUT2D eigenvalue weighted by atomic mass is 32.1. The molecule has 25 heavy (non-hydrogen) atoms. The molecule has 0 spiro atoms. The van der Waals surface area contributed by atoms with Gasteiger partial charge in [-0.2, -0.15) is 8.75 Å². The smallest absolute Gasteiger partial charge is 0.119 e. The number of ether oxygens (including phenoxy) is 2. The topological polar surface area (TPSA) is 44.2 Å². The molecular weight excluding hydrogens is 332 g/mol. The Bertz CT molecular complexity index is 961. The number of fused-ring (bicyclic) bond motifs is 1. The van der Waals surface area contributed by atoms with Gasteiger partial charge in [-0.15, -0.1) is 0 Å². The van der Waals surface area contributed by atoms with Gasteiger partial charge >= 0.3 is 0 Å². The van der Waals surface area contributed by atoms with Crippen molar-refractivity contribution in [1.82, 2.24) is 8.75 Å². The maximum Gasteiger partial charge on any atom is 0.119 e. The Balaban J connectivity index is 1.89. The second-order valence-corrected chi connectivity index (χ2v) is 6.11. The lowest BCUT2D eigenvalue weighted by atomic mass is 9.97. The maximum atomic E-state index is 5.34. The normalized spacial score (nSPS) is 10.8. The predicted molar refractivity (Wildman–Crippen MR) is 101 cm³/mol. The molecule has 1 heterocycles. The molecule has 0 aliphatic heterocycles. The number of nitrogens with zero attached hydrogens (tertiary/aromatic N) is 2. The number of aromatic nitrogens is 2. The summed E-state index contributed by atoms with van der Waals surface area (Å²) in [4.78, 5) is 0. The van der Waals surface area contributed by atoms with E-state index in [9.17, 15) is 0 Å². The maximum absolute atomic E-state index is 5.34. The van der Waals surface area contributed by atoms with Crippen LogP contribution in [0.2, 0.25) is 0 Å². The third-order valence-corrected chi connectivity index (χ3v) is 4.71. The van der Waals surface area contributed by atoms with Crippen LogP contribution in [0.15, 0.2) is 60.7 Å². The van der Waals surface area contributed by atoms with E-state index in [0.717, 1.165) is 44.8 Å². The minimum atomic E-state index is 0.825. The largest absolute Gasteiger partial charge is 0.497 e. The fraction of sp³-hybridized carbons (Fsp3) is 0.100. The summed E-state index contributed by atoms with van der Waals surface area (Å²) in [6.45, 7) is 0. The average molecular weight is 348 g/mol. The lowest BCUT2D eigenvalue weighted by Crippen LogP contribution is -1.88. The van der Waals surface area contributed by atoms with Crippen LogP contribution >= 0.6 is 11.7 Å². The summed E-state index contributed by atoms with van der Waals surface area (Å²) in [5.41, 5.74) is 6.03. The van der Waals surface area contributed by atoms with Gasteiger partial charge in [0, 0.05) is 11.1 Å². The van der Waals surface area contributed by atoms with E-state index < -0.39 is 0 Å². The van der Waals surface area contributed by atoms with Crippen molar-refractivity contribution in [3.8, 4) is 33.8 Å². The van der Waals surface area contributed by atoms with E-state index in [1.807, 2.05) is 36.4 Å². The van der Waals surface area contributed by atoms with Crippen LogP contribution in [0.5, 0.6) is 11.5 Å². The minimum Gasteiger partial charge on any atom is -0.497 e. The fourth-order valence-corrected chi connectivity index (χ4v) is 3.49. The standard InChI is InChI=1S/C20H16N2O2S/c1-23-15-7-3-5-13(11-15)17-9-10-18(20-19(17)21-25-22-20)14-6-4-8-16(12-14)24-2/h3-12H,1-2H3. The second-order valence-electron chi connectivity index (χ2n) is 5.59. The van der Waals surface area contributed by atoms with Crippen molar-refractivity contribution in [1.29, 1.82) is 0 Å². The molecule has 5 heteroatoms. The molecule has 124 valence electrons. The lowest BCUT2D eigenvalue weighted by Gasteiger charge is -2.09. The molecule has 0 unspecified atom stereocenters. The first kappa shape index (κ1) is 15.6. The number of hydrogen-bond donors (Lipinski definition) is 0. The third-order valence-electron chi connectivity index (χ3n) is 4.18. The number of methoxy groups -OCH3 is 2. The molecule has 0 N–H and O–H groups in total. The zero-order valence-corrected chi connectivity index (χ0v) is 14.7. The van der Waals surface area contributed by atoms with Crippen molar-refractivity contribution in [2.75, 3.05) is 14.2 Å². The van der Waals surface area contributed by atoms with Crippen LogP contribution in [-0.4, -0.2) is 23.0 Å². The summed E-state index contributed by atoms with van der Waals surface area (Å²) in [5, 5.41) is 0. The molecule has 0 saturated carbocycles. The van der Waals surface area contributed by atoms with Crippen LogP contribution in [0.3, 0.4) is 0 Å². The zero-order chi connectivity index (χ0) is 17.2. The highest BCUT2D eigenvalue weighted by Crippen LogP contribution is 2.36. The van der Waals surface area contributed by atoms with Gasteiger partial charge in [0.1, 0.15) is 22.5 Å². The first-order valence-corrected chi connectivity index (χ1v) is 8.57. The SMILES string of the molecule is COc1cccc(-c2ccc(-c3cccc(OC)c3)c3nsnc23)c1. The molecule has 3 aromatic carbocycles. The Hall–Kier alpha value is -2.92. The van der Waals surface area contributed by atoms with Crippen molar-refractivity contribution in [2.24, 2.45) is 0 Å². The monoisotopic (exact) mass is 348 g/mol. The van der Waals surface area contributed by atoms with E-state index in [0.29, 0.717) is 0 Å². The molecule has 4 rings (SSSR count). The number of rotatable bonds is 4. The van der Waals surface area contributed by atoms with Gasteiger partial charge in [-0.1, -0.05) is 36.4 Å². The van der Waals surface area contributed by atoms with Gasteiger partial charge in [0.15, 0.2) is 0 Å². The van der Waals surface area contributed by atoms with Gasteiger partial charge < -0.3 is 9.47 Å². The van der Waals surface area contributed by atoms with Crippen LogP contribution in [-0.2, 0) is 0 Å². The predicted octanol–water partition coefficient (Wildman–Crippen LogP) is 5.04. The van der Waals surface area contributed by atoms with Gasteiger partial charge in [-0.3, -0.25) is 0 Å². The molecule has 4 aromatic rings. The second kappa shape index (κ2) is 6.53.